The van der Waals surface area contributed by atoms with Gasteiger partial charge in [0.2, 0.25) is 0 Å². The molecule has 0 fully saturated rings. The van der Waals surface area contributed by atoms with Gasteiger partial charge >= 0.3 is 5.69 Å². The quantitative estimate of drug-likeness (QED) is 0.417. The van der Waals surface area contributed by atoms with Gasteiger partial charge in [0.1, 0.15) is 10.7 Å². The third-order valence-corrected chi connectivity index (χ3v) is 5.72. The summed E-state index contributed by atoms with van der Waals surface area (Å²) in [6, 6.07) is 13.4. The second kappa shape index (κ2) is 8.29. The predicted octanol–water partition coefficient (Wildman–Crippen LogP) is 4.50. The van der Waals surface area contributed by atoms with E-state index in [-0.39, 0.29) is 11.6 Å². The Morgan fingerprint density at radius 2 is 1.91 bits per heavy atom. The Kier molecular flexibility index (Phi) is 5.30. The molecule has 166 valence electrons. The molecule has 0 radical (unpaired) electrons. The average molecular weight is 460 g/mol. The van der Waals surface area contributed by atoms with E-state index in [1.165, 1.54) is 0 Å². The number of aryl methyl sites for hydroxylation is 1. The lowest BCUT2D eigenvalue weighted by Gasteiger charge is -2.10. The molecule has 9 heteroatoms. The van der Waals surface area contributed by atoms with E-state index in [1.54, 1.807) is 21.6 Å². The fraction of sp³-hybridized carbons (Fsp3) is 0.208. The maximum atomic E-state index is 12.7. The van der Waals surface area contributed by atoms with Gasteiger partial charge in [-0.25, -0.2) is 19.4 Å². The van der Waals surface area contributed by atoms with Crippen LogP contribution < -0.4 is 5.69 Å². The molecule has 1 aromatic carbocycles. The van der Waals surface area contributed by atoms with Gasteiger partial charge in [-0.15, -0.1) is 0 Å². The number of pyridine rings is 1. The predicted molar refractivity (Wildman–Crippen MR) is 128 cm³/mol. The summed E-state index contributed by atoms with van der Waals surface area (Å²) in [5.74, 6) is 0.769. The molecular weight excluding hydrogens is 438 g/mol. The van der Waals surface area contributed by atoms with Crippen LogP contribution in [0.2, 0.25) is 5.15 Å². The number of aromatic amines is 1. The van der Waals surface area contributed by atoms with Crippen molar-refractivity contribution >= 4 is 22.8 Å². The van der Waals surface area contributed by atoms with E-state index in [1.807, 2.05) is 49.4 Å². The molecular formula is C24H22ClN7O. The Labute approximate surface area is 194 Å². The summed E-state index contributed by atoms with van der Waals surface area (Å²) >= 11 is 6.25. The van der Waals surface area contributed by atoms with Crippen molar-refractivity contribution in [3.8, 4) is 17.1 Å². The van der Waals surface area contributed by atoms with Crippen molar-refractivity contribution in [3.63, 3.8) is 0 Å². The number of fused-ring (bicyclic) bond motifs is 1. The van der Waals surface area contributed by atoms with Crippen molar-refractivity contribution in [2.45, 2.75) is 33.2 Å². The first kappa shape index (κ1) is 21.1. The summed E-state index contributed by atoms with van der Waals surface area (Å²) in [7, 11) is 0. The largest absolute Gasteiger partial charge is 0.328 e. The number of imidazole rings is 1. The molecule has 8 nitrogen and oxygen atoms in total. The molecule has 33 heavy (non-hydrogen) atoms. The van der Waals surface area contributed by atoms with E-state index in [9.17, 15) is 4.79 Å². The second-order valence-electron chi connectivity index (χ2n) is 8.22. The first-order valence-corrected chi connectivity index (χ1v) is 11.0. The van der Waals surface area contributed by atoms with Gasteiger partial charge in [0, 0.05) is 11.8 Å². The first-order chi connectivity index (χ1) is 15.9. The van der Waals surface area contributed by atoms with Crippen LogP contribution in [0, 0.1) is 6.92 Å². The maximum absolute atomic E-state index is 12.7. The van der Waals surface area contributed by atoms with Crippen LogP contribution in [0.4, 0.5) is 0 Å². The number of benzene rings is 1. The molecule has 4 aromatic heterocycles. The summed E-state index contributed by atoms with van der Waals surface area (Å²) in [5, 5.41) is 4.95. The highest BCUT2D eigenvalue weighted by Gasteiger charge is 2.16. The van der Waals surface area contributed by atoms with Crippen molar-refractivity contribution in [1.82, 2.24) is 34.3 Å². The number of nitrogens with zero attached hydrogens (tertiary/aromatic N) is 6. The highest BCUT2D eigenvalue weighted by atomic mass is 35.5. The van der Waals surface area contributed by atoms with Gasteiger partial charge in [-0.1, -0.05) is 37.6 Å². The highest BCUT2D eigenvalue weighted by Crippen LogP contribution is 2.25. The van der Waals surface area contributed by atoms with Gasteiger partial charge in [0.25, 0.3) is 0 Å². The molecule has 0 atom stereocenters. The van der Waals surface area contributed by atoms with Crippen LogP contribution in [0.5, 0.6) is 0 Å². The Balaban J connectivity index is 1.51. The van der Waals surface area contributed by atoms with E-state index >= 15 is 0 Å². The smallest absolute Gasteiger partial charge is 0.303 e. The van der Waals surface area contributed by atoms with Gasteiger partial charge < -0.3 is 4.98 Å². The van der Waals surface area contributed by atoms with Crippen LogP contribution in [0.15, 0.2) is 59.7 Å². The molecule has 0 saturated carbocycles. The lowest BCUT2D eigenvalue weighted by atomic mass is 10.0. The van der Waals surface area contributed by atoms with E-state index < -0.39 is 0 Å². The molecule has 0 aliphatic heterocycles. The van der Waals surface area contributed by atoms with E-state index in [4.69, 9.17) is 16.6 Å². The van der Waals surface area contributed by atoms with Gasteiger partial charge in [-0.2, -0.15) is 5.10 Å². The van der Waals surface area contributed by atoms with Crippen molar-refractivity contribution in [2.24, 2.45) is 0 Å². The van der Waals surface area contributed by atoms with Gasteiger partial charge in [-0.3, -0.25) is 9.55 Å². The van der Waals surface area contributed by atoms with Crippen LogP contribution in [-0.2, 0) is 6.54 Å². The number of H-pyrrole nitrogens is 1. The van der Waals surface area contributed by atoms with Crippen LogP contribution in [0.1, 0.15) is 36.7 Å². The van der Waals surface area contributed by atoms with Crippen molar-refractivity contribution in [3.05, 3.63) is 87.4 Å². The average Bonchev–Trinajstić information content (AvgIpc) is 3.31. The normalized spacial score (nSPS) is 11.5. The summed E-state index contributed by atoms with van der Waals surface area (Å²) < 4.78 is 3.30. The van der Waals surface area contributed by atoms with Gasteiger partial charge in [0.15, 0.2) is 11.5 Å². The number of hydrogen-bond donors (Lipinski definition) is 1. The zero-order valence-electron chi connectivity index (χ0n) is 18.5. The number of halogens is 1. The molecule has 0 aliphatic carbocycles. The fourth-order valence-electron chi connectivity index (χ4n) is 3.86. The van der Waals surface area contributed by atoms with Crippen LogP contribution in [0.25, 0.3) is 28.2 Å². The lowest BCUT2D eigenvalue weighted by molar-refractivity contribution is 0.776. The summed E-state index contributed by atoms with van der Waals surface area (Å²) in [4.78, 5) is 29.3. The lowest BCUT2D eigenvalue weighted by Crippen LogP contribution is -2.17. The molecule has 0 spiro atoms. The molecule has 0 saturated heterocycles. The molecule has 0 amide bonds. The van der Waals surface area contributed by atoms with E-state index in [0.717, 1.165) is 28.2 Å². The molecule has 1 N–H and O–H groups in total. The first-order valence-electron chi connectivity index (χ1n) is 10.6. The molecule has 4 heterocycles. The number of nitrogens with one attached hydrogen (secondary N) is 1. The third-order valence-electron chi connectivity index (χ3n) is 5.45. The third kappa shape index (κ3) is 3.93. The highest BCUT2D eigenvalue weighted by molar-refractivity contribution is 6.29. The monoisotopic (exact) mass is 459 g/mol. The Morgan fingerprint density at radius 3 is 2.61 bits per heavy atom. The second-order valence-corrected chi connectivity index (χ2v) is 8.61. The molecule has 0 aliphatic rings. The molecule has 5 rings (SSSR count). The summed E-state index contributed by atoms with van der Waals surface area (Å²) in [5.41, 5.74) is 5.35. The Bertz CT molecular complexity index is 1510. The minimum atomic E-state index is -0.235. The number of hydrogen-bond acceptors (Lipinski definition) is 5. The standard InChI is InChI=1S/C24H22ClN7O/c1-14(2)21-18(5-4-10-26-21)22-27-12-19-23(29-22)31(24(33)28-19)13-16-6-8-17(9-7-16)32-20(25)11-15(3)30-32/h4-12,14H,13H2,1-3H3,(H,28,33). The molecule has 0 unspecified atom stereocenters. The van der Waals surface area contributed by atoms with Crippen molar-refractivity contribution < 1.29 is 0 Å². The molecule has 0 bridgehead atoms. The van der Waals surface area contributed by atoms with Crippen LogP contribution in [0.3, 0.4) is 0 Å². The number of rotatable bonds is 5. The van der Waals surface area contributed by atoms with Gasteiger partial charge in [-0.05, 0) is 48.7 Å². The van der Waals surface area contributed by atoms with Gasteiger partial charge in [0.05, 0.1) is 29.8 Å². The number of aromatic nitrogens is 7. The minimum absolute atomic E-state index is 0.222. The summed E-state index contributed by atoms with van der Waals surface area (Å²) in [6.45, 7) is 6.42. The molecule has 5 aromatic rings. The Hall–Kier alpha value is -3.78. The fourth-order valence-corrected chi connectivity index (χ4v) is 4.16. The van der Waals surface area contributed by atoms with Crippen LogP contribution in [-0.4, -0.2) is 34.3 Å². The van der Waals surface area contributed by atoms with E-state index in [0.29, 0.717) is 28.7 Å². The van der Waals surface area contributed by atoms with Crippen LogP contribution >= 0.6 is 11.6 Å². The van der Waals surface area contributed by atoms with E-state index in [2.05, 4.69) is 33.9 Å². The maximum Gasteiger partial charge on any atom is 0.328 e. The topological polar surface area (TPSA) is 94.3 Å². The SMILES string of the molecule is Cc1cc(Cl)n(-c2ccc(Cn3c(=O)[nH]c4cnc(-c5cccnc5C(C)C)nc43)cc2)n1. The minimum Gasteiger partial charge on any atom is -0.303 e. The summed E-state index contributed by atoms with van der Waals surface area (Å²) in [6.07, 6.45) is 3.42. The van der Waals surface area contributed by atoms with Crippen molar-refractivity contribution in [2.75, 3.05) is 0 Å². The zero-order chi connectivity index (χ0) is 23.1. The van der Waals surface area contributed by atoms with Crippen molar-refractivity contribution in [1.29, 1.82) is 0 Å². The Morgan fingerprint density at radius 1 is 1.12 bits per heavy atom. The zero-order valence-corrected chi connectivity index (χ0v) is 19.2.